The average molecular weight is 443 g/mol. The number of nitrogens with one attached hydrogen (secondary N) is 1. The van der Waals surface area contributed by atoms with Gasteiger partial charge in [0, 0.05) is 18.7 Å². The first-order valence-corrected chi connectivity index (χ1v) is 8.44. The van der Waals surface area contributed by atoms with Gasteiger partial charge in [0.05, 0.1) is 11.6 Å². The largest absolute Gasteiger partial charge is 0.416 e. The quantitative estimate of drug-likeness (QED) is 0.623. The summed E-state index contributed by atoms with van der Waals surface area (Å²) in [7, 11) is 1.66. The van der Waals surface area contributed by atoms with Crippen LogP contribution in [0.5, 0.6) is 0 Å². The third kappa shape index (κ3) is 3.70. The highest BCUT2D eigenvalue weighted by atomic mass is 79.9. The van der Waals surface area contributed by atoms with Crippen molar-refractivity contribution in [3.63, 3.8) is 0 Å². The van der Waals surface area contributed by atoms with Crippen LogP contribution in [0.4, 0.5) is 13.2 Å². The van der Waals surface area contributed by atoms with Crippen LogP contribution in [0, 0.1) is 6.92 Å². The van der Waals surface area contributed by atoms with E-state index in [1.54, 1.807) is 13.1 Å². The first kappa shape index (κ1) is 17.0. The molecular formula is C14H12Br2F3NS. The topological polar surface area (TPSA) is 12.0 Å². The van der Waals surface area contributed by atoms with E-state index in [0.29, 0.717) is 4.47 Å². The molecule has 1 heterocycles. The zero-order valence-electron chi connectivity index (χ0n) is 11.2. The summed E-state index contributed by atoms with van der Waals surface area (Å²) in [5.74, 6) is 0. The molecule has 0 aliphatic rings. The van der Waals surface area contributed by atoms with Crippen LogP contribution >= 0.6 is 43.2 Å². The van der Waals surface area contributed by atoms with Gasteiger partial charge in [-0.2, -0.15) is 13.2 Å². The molecule has 1 atom stereocenters. The summed E-state index contributed by atoms with van der Waals surface area (Å²) in [6.07, 6.45) is -4.39. The number of halogens is 5. The molecular weight excluding hydrogens is 431 g/mol. The van der Waals surface area contributed by atoms with Gasteiger partial charge in [0.25, 0.3) is 0 Å². The summed E-state index contributed by atoms with van der Waals surface area (Å²) >= 11 is 7.99. The van der Waals surface area contributed by atoms with E-state index >= 15 is 0 Å². The molecule has 0 bridgehead atoms. The molecule has 1 aromatic heterocycles. The van der Waals surface area contributed by atoms with Crippen molar-refractivity contribution in [3.8, 4) is 0 Å². The maximum Gasteiger partial charge on any atom is 0.416 e. The first-order chi connectivity index (χ1) is 9.74. The SMILES string of the molecule is CNC(c1cc(Br)c(C)s1)c1ccc(Br)cc1C(F)(F)F. The van der Waals surface area contributed by atoms with Crippen LogP contribution in [-0.4, -0.2) is 7.05 Å². The van der Waals surface area contributed by atoms with E-state index in [9.17, 15) is 13.2 Å². The molecule has 114 valence electrons. The predicted octanol–water partition coefficient (Wildman–Crippen LogP) is 5.91. The maximum absolute atomic E-state index is 13.3. The van der Waals surface area contributed by atoms with E-state index in [4.69, 9.17) is 0 Å². The van der Waals surface area contributed by atoms with Crippen molar-refractivity contribution >= 4 is 43.2 Å². The van der Waals surface area contributed by atoms with Gasteiger partial charge in [0.15, 0.2) is 0 Å². The Kier molecular flexibility index (Phi) is 5.18. The van der Waals surface area contributed by atoms with Gasteiger partial charge in [-0.25, -0.2) is 0 Å². The molecule has 0 amide bonds. The third-order valence-corrected chi connectivity index (χ3v) is 5.78. The molecule has 0 saturated heterocycles. The predicted molar refractivity (Wildman–Crippen MR) is 86.8 cm³/mol. The molecule has 0 aliphatic carbocycles. The lowest BCUT2D eigenvalue weighted by Crippen LogP contribution is -2.21. The van der Waals surface area contributed by atoms with Gasteiger partial charge >= 0.3 is 6.18 Å². The molecule has 0 aliphatic heterocycles. The summed E-state index contributed by atoms with van der Waals surface area (Å²) in [6, 6.07) is 5.63. The van der Waals surface area contributed by atoms with E-state index in [1.807, 2.05) is 13.0 Å². The lowest BCUT2D eigenvalue weighted by Gasteiger charge is -2.20. The fourth-order valence-electron chi connectivity index (χ4n) is 2.10. The van der Waals surface area contributed by atoms with Gasteiger partial charge in [-0.3, -0.25) is 0 Å². The van der Waals surface area contributed by atoms with E-state index in [1.165, 1.54) is 17.4 Å². The molecule has 7 heteroatoms. The Morgan fingerprint density at radius 2 is 1.86 bits per heavy atom. The number of rotatable bonds is 3. The van der Waals surface area contributed by atoms with Crippen molar-refractivity contribution in [1.29, 1.82) is 0 Å². The molecule has 21 heavy (non-hydrogen) atoms. The van der Waals surface area contributed by atoms with Crippen LogP contribution in [0.3, 0.4) is 0 Å². The molecule has 0 saturated carbocycles. The number of thiophene rings is 1. The van der Waals surface area contributed by atoms with Crippen LogP contribution in [0.15, 0.2) is 33.2 Å². The second-order valence-corrected chi connectivity index (χ2v) is 7.56. The van der Waals surface area contributed by atoms with Gasteiger partial charge in [-0.15, -0.1) is 11.3 Å². The minimum Gasteiger partial charge on any atom is -0.309 e. The summed E-state index contributed by atoms with van der Waals surface area (Å²) in [5.41, 5.74) is -0.402. The second-order valence-electron chi connectivity index (χ2n) is 4.50. The smallest absolute Gasteiger partial charge is 0.309 e. The highest BCUT2D eigenvalue weighted by Gasteiger charge is 2.36. The van der Waals surface area contributed by atoms with Crippen molar-refractivity contribution in [2.24, 2.45) is 0 Å². The van der Waals surface area contributed by atoms with E-state index in [0.717, 1.165) is 20.3 Å². The Hall–Kier alpha value is -0.370. The Balaban J connectivity index is 2.57. The summed E-state index contributed by atoms with van der Waals surface area (Å²) < 4.78 is 41.1. The second kappa shape index (κ2) is 6.40. The minimum atomic E-state index is -4.39. The molecule has 0 radical (unpaired) electrons. The molecule has 1 N–H and O–H groups in total. The van der Waals surface area contributed by atoms with Crippen molar-refractivity contribution < 1.29 is 13.2 Å². The third-order valence-electron chi connectivity index (χ3n) is 3.08. The van der Waals surface area contributed by atoms with Crippen molar-refractivity contribution in [1.82, 2.24) is 5.32 Å². The zero-order chi connectivity index (χ0) is 15.8. The Labute approximate surface area is 141 Å². The molecule has 1 nitrogen and oxygen atoms in total. The standard InChI is InChI=1S/C14H12Br2F3NS/c1-7-11(16)6-12(21-7)13(20-2)9-4-3-8(15)5-10(9)14(17,18)19/h3-6,13,20H,1-2H3. The monoisotopic (exact) mass is 441 g/mol. The molecule has 1 unspecified atom stereocenters. The number of hydrogen-bond donors (Lipinski definition) is 1. The Bertz CT molecular complexity index is 633. The van der Waals surface area contributed by atoms with Crippen LogP contribution in [0.25, 0.3) is 0 Å². The van der Waals surface area contributed by atoms with Crippen LogP contribution in [-0.2, 0) is 6.18 Å². The van der Waals surface area contributed by atoms with Gasteiger partial charge in [-0.05, 0) is 53.7 Å². The van der Waals surface area contributed by atoms with Gasteiger partial charge in [0.2, 0.25) is 0 Å². The number of aryl methyl sites for hydroxylation is 1. The average Bonchev–Trinajstić information content (AvgIpc) is 2.71. The number of alkyl halides is 3. The fraction of sp³-hybridized carbons (Fsp3) is 0.286. The lowest BCUT2D eigenvalue weighted by atomic mass is 9.99. The van der Waals surface area contributed by atoms with Crippen LogP contribution in [0.1, 0.15) is 26.9 Å². The summed E-state index contributed by atoms with van der Waals surface area (Å²) in [4.78, 5) is 1.88. The van der Waals surface area contributed by atoms with Gasteiger partial charge in [0.1, 0.15) is 0 Å². The minimum absolute atomic E-state index is 0.224. The number of hydrogen-bond acceptors (Lipinski definition) is 2. The molecule has 1 aromatic carbocycles. The Morgan fingerprint density at radius 3 is 2.33 bits per heavy atom. The van der Waals surface area contributed by atoms with Gasteiger partial charge < -0.3 is 5.32 Å². The van der Waals surface area contributed by atoms with Crippen molar-refractivity contribution in [2.75, 3.05) is 7.05 Å². The van der Waals surface area contributed by atoms with Gasteiger partial charge in [-0.1, -0.05) is 22.0 Å². The molecule has 0 spiro atoms. The van der Waals surface area contributed by atoms with E-state index < -0.39 is 17.8 Å². The van der Waals surface area contributed by atoms with Crippen LogP contribution in [0.2, 0.25) is 0 Å². The highest BCUT2D eigenvalue weighted by molar-refractivity contribution is 9.10. The lowest BCUT2D eigenvalue weighted by molar-refractivity contribution is -0.138. The summed E-state index contributed by atoms with van der Waals surface area (Å²) in [5, 5.41) is 2.98. The summed E-state index contributed by atoms with van der Waals surface area (Å²) in [6.45, 7) is 1.93. The highest BCUT2D eigenvalue weighted by Crippen LogP contribution is 2.40. The molecule has 0 fully saturated rings. The first-order valence-electron chi connectivity index (χ1n) is 6.03. The van der Waals surface area contributed by atoms with Crippen molar-refractivity contribution in [2.45, 2.75) is 19.1 Å². The maximum atomic E-state index is 13.3. The zero-order valence-corrected chi connectivity index (χ0v) is 15.2. The molecule has 2 rings (SSSR count). The normalized spacial score (nSPS) is 13.5. The van der Waals surface area contributed by atoms with Crippen molar-refractivity contribution in [3.05, 3.63) is 54.1 Å². The van der Waals surface area contributed by atoms with Crippen LogP contribution < -0.4 is 5.32 Å². The molecule has 2 aromatic rings. The number of benzene rings is 1. The fourth-order valence-corrected chi connectivity index (χ4v) is 4.15. The Morgan fingerprint density at radius 1 is 1.19 bits per heavy atom. The van der Waals surface area contributed by atoms with E-state index in [-0.39, 0.29) is 5.56 Å². The van der Waals surface area contributed by atoms with E-state index in [2.05, 4.69) is 37.2 Å².